The third kappa shape index (κ3) is 3.43. The van der Waals surface area contributed by atoms with Crippen molar-refractivity contribution in [2.45, 2.75) is 31.3 Å². The van der Waals surface area contributed by atoms with Crippen LogP contribution >= 0.6 is 0 Å². The van der Waals surface area contributed by atoms with Gasteiger partial charge in [-0.05, 0) is 30.2 Å². The minimum absolute atomic E-state index is 0.0247. The molecule has 2 aromatic rings. The van der Waals surface area contributed by atoms with E-state index in [1.165, 1.54) is 21.7 Å². The van der Waals surface area contributed by atoms with Gasteiger partial charge in [0.1, 0.15) is 6.54 Å². The van der Waals surface area contributed by atoms with E-state index in [1.54, 1.807) is 18.5 Å². The first-order valence-corrected chi connectivity index (χ1v) is 7.46. The minimum atomic E-state index is -4.40. The number of benzene rings is 1. The molecule has 0 unspecified atom stereocenters. The fourth-order valence-electron chi connectivity index (χ4n) is 2.92. The van der Waals surface area contributed by atoms with Gasteiger partial charge < -0.3 is 10.0 Å². The number of carbonyl (C=O) groups is 1. The molecule has 1 aliphatic heterocycles. The highest BCUT2D eigenvalue weighted by molar-refractivity contribution is 5.77. The van der Waals surface area contributed by atoms with Crippen molar-refractivity contribution in [1.82, 2.24) is 14.7 Å². The molecule has 0 spiro atoms. The van der Waals surface area contributed by atoms with Gasteiger partial charge >= 0.3 is 6.18 Å². The van der Waals surface area contributed by atoms with Crippen LogP contribution in [0.3, 0.4) is 0 Å². The van der Waals surface area contributed by atoms with Gasteiger partial charge in [-0.3, -0.25) is 9.48 Å². The van der Waals surface area contributed by atoms with Gasteiger partial charge in [-0.25, -0.2) is 0 Å². The Hall–Kier alpha value is -2.35. The molecule has 24 heavy (non-hydrogen) atoms. The van der Waals surface area contributed by atoms with E-state index in [9.17, 15) is 23.1 Å². The average Bonchev–Trinajstić information content (AvgIpc) is 3.16. The van der Waals surface area contributed by atoms with E-state index in [0.717, 1.165) is 12.1 Å². The van der Waals surface area contributed by atoms with Crippen LogP contribution in [0, 0.1) is 0 Å². The summed E-state index contributed by atoms with van der Waals surface area (Å²) in [5.74, 6) is -0.236. The lowest BCUT2D eigenvalue weighted by atomic mass is 10.0. The van der Waals surface area contributed by atoms with Crippen LogP contribution in [0.5, 0.6) is 0 Å². The predicted molar refractivity (Wildman–Crippen MR) is 78.7 cm³/mol. The highest BCUT2D eigenvalue weighted by Crippen LogP contribution is 2.35. The van der Waals surface area contributed by atoms with Crippen molar-refractivity contribution in [1.29, 1.82) is 0 Å². The van der Waals surface area contributed by atoms with Gasteiger partial charge in [0.25, 0.3) is 0 Å². The Bertz CT molecular complexity index is 698. The molecule has 5 nitrogen and oxygen atoms in total. The molecule has 128 valence electrons. The van der Waals surface area contributed by atoms with Crippen LogP contribution in [0.25, 0.3) is 0 Å². The summed E-state index contributed by atoms with van der Waals surface area (Å²) in [5.41, 5.74) is -0.160. The molecule has 0 bridgehead atoms. The zero-order chi connectivity index (χ0) is 17.3. The summed E-state index contributed by atoms with van der Waals surface area (Å²) >= 11 is 0. The van der Waals surface area contributed by atoms with Crippen LogP contribution in [0.4, 0.5) is 13.2 Å². The molecule has 2 atom stereocenters. The largest absolute Gasteiger partial charge is 0.416 e. The zero-order valence-electron chi connectivity index (χ0n) is 12.6. The van der Waals surface area contributed by atoms with Gasteiger partial charge in [0.15, 0.2) is 0 Å². The number of likely N-dealkylation sites (tertiary alicyclic amines) is 1. The number of hydrogen-bond acceptors (Lipinski definition) is 3. The van der Waals surface area contributed by atoms with Gasteiger partial charge in [-0.15, -0.1) is 0 Å². The molecule has 1 amide bonds. The smallest absolute Gasteiger partial charge is 0.391 e. The van der Waals surface area contributed by atoms with E-state index >= 15 is 0 Å². The number of nitrogens with zero attached hydrogens (tertiary/aromatic N) is 3. The van der Waals surface area contributed by atoms with Crippen molar-refractivity contribution in [3.63, 3.8) is 0 Å². The first-order chi connectivity index (χ1) is 11.3. The Balaban J connectivity index is 1.78. The maximum atomic E-state index is 12.7. The average molecular weight is 339 g/mol. The van der Waals surface area contributed by atoms with E-state index in [0.29, 0.717) is 12.0 Å². The van der Waals surface area contributed by atoms with Gasteiger partial charge in [-0.1, -0.05) is 12.1 Å². The van der Waals surface area contributed by atoms with Gasteiger partial charge in [-0.2, -0.15) is 18.3 Å². The molecule has 8 heteroatoms. The third-order valence-electron chi connectivity index (χ3n) is 4.08. The fraction of sp³-hybridized carbons (Fsp3) is 0.375. The molecule has 0 aliphatic carbocycles. The van der Waals surface area contributed by atoms with E-state index in [4.69, 9.17) is 0 Å². The van der Waals surface area contributed by atoms with Gasteiger partial charge in [0.05, 0.1) is 17.7 Å². The number of β-amino-alcohol motifs (C(OH)–C–C–N with tert-alkyl or cyclic N) is 1. The number of amides is 1. The Kier molecular flexibility index (Phi) is 4.31. The number of hydrogen-bond donors (Lipinski definition) is 1. The lowest BCUT2D eigenvalue weighted by Gasteiger charge is -2.25. The zero-order valence-corrected chi connectivity index (χ0v) is 12.6. The van der Waals surface area contributed by atoms with Crippen LogP contribution in [0.1, 0.15) is 23.6 Å². The second kappa shape index (κ2) is 6.27. The number of halogens is 3. The second-order valence-corrected chi connectivity index (χ2v) is 5.77. The molecule has 0 radical (unpaired) electrons. The highest BCUT2D eigenvalue weighted by Gasteiger charge is 2.36. The summed E-state index contributed by atoms with van der Waals surface area (Å²) in [5, 5.41) is 13.9. The summed E-state index contributed by atoms with van der Waals surface area (Å²) in [6.07, 6.45) is -1.59. The number of carbonyl (C=O) groups excluding carboxylic acids is 1. The van der Waals surface area contributed by atoms with Crippen LogP contribution in [-0.4, -0.2) is 38.3 Å². The van der Waals surface area contributed by atoms with E-state index in [2.05, 4.69) is 5.10 Å². The topological polar surface area (TPSA) is 58.4 Å². The number of rotatable bonds is 3. The van der Waals surface area contributed by atoms with Crippen molar-refractivity contribution in [3.8, 4) is 0 Å². The number of aliphatic hydroxyl groups excluding tert-OH is 1. The number of alkyl halides is 3. The first-order valence-electron chi connectivity index (χ1n) is 7.46. The lowest BCUT2D eigenvalue weighted by molar-refractivity contribution is -0.137. The van der Waals surface area contributed by atoms with Crippen LogP contribution in [-0.2, 0) is 17.5 Å². The van der Waals surface area contributed by atoms with E-state index in [-0.39, 0.29) is 19.0 Å². The summed E-state index contributed by atoms with van der Waals surface area (Å²) in [6.45, 7) is 0.183. The molecule has 1 N–H and O–H groups in total. The van der Waals surface area contributed by atoms with E-state index in [1.807, 2.05) is 0 Å². The number of aromatic nitrogens is 2. The van der Waals surface area contributed by atoms with Crippen LogP contribution < -0.4 is 0 Å². The van der Waals surface area contributed by atoms with Crippen molar-refractivity contribution in [3.05, 3.63) is 53.9 Å². The molecular weight excluding hydrogens is 323 g/mol. The second-order valence-electron chi connectivity index (χ2n) is 5.77. The highest BCUT2D eigenvalue weighted by atomic mass is 19.4. The summed E-state index contributed by atoms with van der Waals surface area (Å²) < 4.78 is 39.5. The van der Waals surface area contributed by atoms with Crippen molar-refractivity contribution >= 4 is 5.91 Å². The summed E-state index contributed by atoms with van der Waals surface area (Å²) in [4.78, 5) is 13.9. The Morgan fingerprint density at radius 1 is 1.29 bits per heavy atom. The fourth-order valence-corrected chi connectivity index (χ4v) is 2.92. The molecule has 1 aromatic carbocycles. The van der Waals surface area contributed by atoms with Crippen LogP contribution in [0.15, 0.2) is 42.7 Å². The third-order valence-corrected chi connectivity index (χ3v) is 4.08. The molecule has 3 rings (SSSR count). The molecule has 2 heterocycles. The maximum Gasteiger partial charge on any atom is 0.416 e. The monoisotopic (exact) mass is 339 g/mol. The summed E-state index contributed by atoms with van der Waals surface area (Å²) in [6, 6.07) is 5.97. The quantitative estimate of drug-likeness (QED) is 0.933. The van der Waals surface area contributed by atoms with Gasteiger partial charge in [0.2, 0.25) is 5.91 Å². The SMILES string of the molecule is O=C(Cn1cccn1)N1C[C@H](O)C[C@H]1c1ccc(C(F)(F)F)cc1. The first kappa shape index (κ1) is 16.5. The lowest BCUT2D eigenvalue weighted by Crippen LogP contribution is -2.34. The minimum Gasteiger partial charge on any atom is -0.391 e. The molecule has 1 fully saturated rings. The normalized spacial score (nSPS) is 21.2. The van der Waals surface area contributed by atoms with Crippen LogP contribution in [0.2, 0.25) is 0 Å². The Morgan fingerprint density at radius 3 is 2.58 bits per heavy atom. The van der Waals surface area contributed by atoms with Crippen molar-refractivity contribution < 1.29 is 23.1 Å². The number of aliphatic hydroxyl groups is 1. The predicted octanol–water partition coefficient (Wildman–Crippen LogP) is 2.24. The Labute approximate surface area is 136 Å². The van der Waals surface area contributed by atoms with E-state index < -0.39 is 23.9 Å². The molecule has 0 saturated carbocycles. The Morgan fingerprint density at radius 2 is 2.00 bits per heavy atom. The van der Waals surface area contributed by atoms with Crippen molar-refractivity contribution in [2.24, 2.45) is 0 Å². The molecular formula is C16H16F3N3O2. The maximum absolute atomic E-state index is 12.7. The molecule has 1 aromatic heterocycles. The van der Waals surface area contributed by atoms with Crippen molar-refractivity contribution in [2.75, 3.05) is 6.54 Å². The summed E-state index contributed by atoms with van der Waals surface area (Å²) in [7, 11) is 0. The molecule has 1 aliphatic rings. The van der Waals surface area contributed by atoms with Gasteiger partial charge in [0, 0.05) is 18.9 Å². The standard InChI is InChI=1S/C16H16F3N3O2/c17-16(18,19)12-4-2-11(3-5-12)14-8-13(23)9-22(14)15(24)10-21-7-1-6-20-21/h1-7,13-14,23H,8-10H2/t13-,14+/m1/s1. The molecule has 1 saturated heterocycles.